The molecule has 1 aliphatic heterocycles. The van der Waals surface area contributed by atoms with E-state index in [0.29, 0.717) is 42.8 Å². The Morgan fingerprint density at radius 1 is 0.722 bits per heavy atom. The van der Waals surface area contributed by atoms with Gasteiger partial charge in [0.15, 0.2) is 0 Å². The number of hydrogen-bond acceptors (Lipinski definition) is 7. The number of carbonyl (C=O) groups is 2. The Morgan fingerprint density at radius 2 is 1.22 bits per heavy atom. The summed E-state index contributed by atoms with van der Waals surface area (Å²) in [6.45, 7) is 10.3. The highest BCUT2D eigenvalue weighted by molar-refractivity contribution is 6.39. The van der Waals surface area contributed by atoms with E-state index in [1.165, 1.54) is 27.8 Å². The van der Waals surface area contributed by atoms with E-state index in [1.54, 1.807) is 13.8 Å². The number of ether oxygens (including phenoxy) is 2. The third-order valence-electron chi connectivity index (χ3n) is 11.1. The number of benzene rings is 4. The van der Waals surface area contributed by atoms with Crippen LogP contribution in [0.4, 0.5) is 0 Å². The van der Waals surface area contributed by atoms with Gasteiger partial charge in [-0.05, 0) is 110 Å². The van der Waals surface area contributed by atoms with Gasteiger partial charge in [-0.1, -0.05) is 83.9 Å². The zero-order valence-corrected chi connectivity index (χ0v) is 33.2. The number of nitrogens with zero attached hydrogens (tertiary/aromatic N) is 1. The van der Waals surface area contributed by atoms with Crippen LogP contribution in [0.25, 0.3) is 33.4 Å². The number of aliphatic hydroxyl groups excluding tert-OH is 2. The molecule has 286 valence electrons. The minimum absolute atomic E-state index is 0.0142. The first-order valence-electron chi connectivity index (χ1n) is 19.2. The number of rotatable bonds is 13. The van der Waals surface area contributed by atoms with Gasteiger partial charge < -0.3 is 19.7 Å². The van der Waals surface area contributed by atoms with Gasteiger partial charge in [0.2, 0.25) is 0 Å². The van der Waals surface area contributed by atoms with Gasteiger partial charge in [-0.2, -0.15) is 0 Å². The normalized spacial score (nSPS) is 16.6. The zero-order chi connectivity index (χ0) is 38.5. The third-order valence-corrected chi connectivity index (χ3v) is 12.0. The maximum atomic E-state index is 11.9. The van der Waals surface area contributed by atoms with Crippen LogP contribution in [0.1, 0.15) is 72.9 Å². The first-order valence-corrected chi connectivity index (χ1v) is 19.9. The summed E-state index contributed by atoms with van der Waals surface area (Å²) < 4.78 is 10.1. The Labute approximate surface area is 329 Å². The first kappa shape index (κ1) is 40.0. The molecule has 0 saturated heterocycles. The Morgan fingerprint density at radius 3 is 1.78 bits per heavy atom. The lowest BCUT2D eigenvalue weighted by atomic mass is 9.77. The number of β-amino-alcohol motifs (C(OH)–C–C–N with tert-alkyl or cyclic N) is 1. The summed E-state index contributed by atoms with van der Waals surface area (Å²) in [7, 11) is 0. The molecule has 2 aliphatic rings. The molecule has 1 heterocycles. The topological polar surface area (TPSA) is 96.3 Å². The van der Waals surface area contributed by atoms with Gasteiger partial charge in [-0.3, -0.25) is 14.5 Å². The Bertz CT molecular complexity index is 1870. The van der Waals surface area contributed by atoms with Crippen molar-refractivity contribution in [3.8, 4) is 33.4 Å². The van der Waals surface area contributed by atoms with E-state index in [9.17, 15) is 19.8 Å². The maximum absolute atomic E-state index is 11.9. The SMILES string of the molecule is CCOC(=O)C[C@H](O)CC1CCc2ccc(-c3cccc(-c4cccc(-c5ccc6c(c5C)CN(C[C@@H](O)CC(=O)OCC)CC6)c4Cl)c3Cl)c(C)c2C1. The molecule has 3 atom stereocenters. The maximum Gasteiger partial charge on any atom is 0.308 e. The number of aliphatic hydroxyl groups is 2. The van der Waals surface area contributed by atoms with Crippen molar-refractivity contribution in [2.45, 2.75) is 91.4 Å². The van der Waals surface area contributed by atoms with E-state index >= 15 is 0 Å². The van der Waals surface area contributed by atoms with E-state index in [1.807, 2.05) is 24.3 Å². The Hall–Kier alpha value is -3.72. The second kappa shape index (κ2) is 17.8. The van der Waals surface area contributed by atoms with Crippen LogP contribution < -0.4 is 0 Å². The van der Waals surface area contributed by atoms with Gasteiger partial charge in [-0.15, -0.1) is 0 Å². The summed E-state index contributed by atoms with van der Waals surface area (Å²) >= 11 is 14.6. The van der Waals surface area contributed by atoms with Gasteiger partial charge in [0.1, 0.15) is 0 Å². The number of aryl methyl sites for hydroxylation is 1. The summed E-state index contributed by atoms with van der Waals surface area (Å²) in [5.74, 6) is -0.460. The lowest BCUT2D eigenvalue weighted by molar-refractivity contribution is -0.146. The molecule has 2 N–H and O–H groups in total. The van der Waals surface area contributed by atoms with Crippen LogP contribution in [-0.2, 0) is 44.9 Å². The van der Waals surface area contributed by atoms with Gasteiger partial charge in [0.05, 0.1) is 48.3 Å². The van der Waals surface area contributed by atoms with Crippen LogP contribution in [0.15, 0.2) is 60.7 Å². The molecule has 1 aliphatic carbocycles. The summed E-state index contributed by atoms with van der Waals surface area (Å²) in [6, 6.07) is 20.9. The van der Waals surface area contributed by atoms with Crippen LogP contribution in [0.3, 0.4) is 0 Å². The summed E-state index contributed by atoms with van der Waals surface area (Å²) in [5.41, 5.74) is 13.2. The standard InChI is InChI=1S/C45H51Cl2NO6/c1-5-53-42(51)23-32(49)21-29-13-14-30-15-17-34(27(3)40(30)22-29)36-9-7-11-38(44(36)46)39-12-8-10-37(45(39)47)35-18-16-31-19-20-48(26-41(31)28(35)4)25-33(50)24-43(52)54-6-2/h7-12,15-18,29,32-33,49-50H,5-6,13-14,19-26H2,1-4H3/t29?,32-,33+/m1/s1. The fourth-order valence-corrected chi connectivity index (χ4v) is 9.08. The first-order chi connectivity index (χ1) is 26.0. The number of hydrogen-bond donors (Lipinski definition) is 2. The molecule has 9 heteroatoms. The quantitative estimate of drug-likeness (QED) is 0.131. The molecule has 0 saturated carbocycles. The average Bonchev–Trinajstić information content (AvgIpc) is 3.13. The minimum atomic E-state index is -0.786. The number of fused-ring (bicyclic) bond motifs is 2. The molecular formula is C45H51Cl2NO6. The second-order valence-corrected chi connectivity index (χ2v) is 15.5. The Balaban J connectivity index is 1.25. The van der Waals surface area contributed by atoms with Gasteiger partial charge in [0, 0.05) is 41.9 Å². The highest BCUT2D eigenvalue weighted by Gasteiger charge is 2.27. The van der Waals surface area contributed by atoms with Crippen molar-refractivity contribution in [3.05, 3.63) is 104 Å². The fraction of sp³-hybridized carbons (Fsp3) is 0.422. The molecule has 1 unspecified atom stereocenters. The molecule has 0 aromatic heterocycles. The van der Waals surface area contributed by atoms with Gasteiger partial charge >= 0.3 is 11.9 Å². The molecule has 0 radical (unpaired) electrons. The van der Waals surface area contributed by atoms with Crippen LogP contribution in [0.5, 0.6) is 0 Å². The number of esters is 2. The van der Waals surface area contributed by atoms with Crippen molar-refractivity contribution in [1.82, 2.24) is 4.90 Å². The highest BCUT2D eigenvalue weighted by atomic mass is 35.5. The monoisotopic (exact) mass is 771 g/mol. The molecule has 7 nitrogen and oxygen atoms in total. The molecule has 6 rings (SSSR count). The molecule has 4 aromatic carbocycles. The highest BCUT2D eigenvalue weighted by Crippen LogP contribution is 2.45. The lowest BCUT2D eigenvalue weighted by Gasteiger charge is -2.32. The van der Waals surface area contributed by atoms with Crippen molar-refractivity contribution >= 4 is 35.1 Å². The van der Waals surface area contributed by atoms with Crippen molar-refractivity contribution in [2.75, 3.05) is 26.3 Å². The van der Waals surface area contributed by atoms with E-state index in [4.69, 9.17) is 32.7 Å². The van der Waals surface area contributed by atoms with Crippen molar-refractivity contribution in [3.63, 3.8) is 0 Å². The van der Waals surface area contributed by atoms with E-state index in [-0.39, 0.29) is 30.7 Å². The summed E-state index contributed by atoms with van der Waals surface area (Å²) in [5, 5.41) is 22.5. The molecule has 0 bridgehead atoms. The largest absolute Gasteiger partial charge is 0.466 e. The predicted octanol–water partition coefficient (Wildman–Crippen LogP) is 9.09. The molecule has 54 heavy (non-hydrogen) atoms. The van der Waals surface area contributed by atoms with Crippen LogP contribution in [0, 0.1) is 19.8 Å². The zero-order valence-electron chi connectivity index (χ0n) is 31.7. The van der Waals surface area contributed by atoms with Crippen molar-refractivity contribution in [1.29, 1.82) is 0 Å². The van der Waals surface area contributed by atoms with Crippen molar-refractivity contribution in [2.24, 2.45) is 5.92 Å². The van der Waals surface area contributed by atoms with E-state index in [2.05, 4.69) is 55.1 Å². The van der Waals surface area contributed by atoms with Gasteiger partial charge in [0.25, 0.3) is 0 Å². The van der Waals surface area contributed by atoms with Crippen LogP contribution in [0.2, 0.25) is 10.0 Å². The third kappa shape index (κ3) is 8.87. The van der Waals surface area contributed by atoms with Gasteiger partial charge in [-0.25, -0.2) is 0 Å². The molecule has 0 fully saturated rings. The average molecular weight is 773 g/mol. The molecule has 4 aromatic rings. The smallest absolute Gasteiger partial charge is 0.308 e. The number of halogens is 2. The van der Waals surface area contributed by atoms with E-state index in [0.717, 1.165) is 71.2 Å². The van der Waals surface area contributed by atoms with Crippen LogP contribution in [-0.4, -0.2) is 65.6 Å². The Kier molecular flexibility index (Phi) is 13.2. The summed E-state index contributed by atoms with van der Waals surface area (Å²) in [4.78, 5) is 26.1. The van der Waals surface area contributed by atoms with E-state index < -0.39 is 12.2 Å². The van der Waals surface area contributed by atoms with Crippen molar-refractivity contribution < 1.29 is 29.3 Å². The number of carbonyl (C=O) groups excluding carboxylic acids is 2. The molecule has 0 amide bonds. The lowest BCUT2D eigenvalue weighted by Crippen LogP contribution is -2.38. The van der Waals surface area contributed by atoms with Crippen LogP contribution >= 0.6 is 23.2 Å². The minimum Gasteiger partial charge on any atom is -0.466 e. The predicted molar refractivity (Wildman–Crippen MR) is 216 cm³/mol. The molecule has 0 spiro atoms. The fourth-order valence-electron chi connectivity index (χ4n) is 8.42. The molecular weight excluding hydrogens is 721 g/mol. The summed E-state index contributed by atoms with van der Waals surface area (Å²) in [6.07, 6.45) is 2.68. The second-order valence-electron chi connectivity index (χ2n) is 14.7.